The van der Waals surface area contributed by atoms with Crippen molar-refractivity contribution >= 4 is 5.71 Å². The van der Waals surface area contributed by atoms with Crippen molar-refractivity contribution in [3.8, 4) is 5.75 Å². The van der Waals surface area contributed by atoms with Crippen molar-refractivity contribution in [2.24, 2.45) is 5.16 Å². The molecule has 0 fully saturated rings. The molecule has 0 radical (unpaired) electrons. The van der Waals surface area contributed by atoms with E-state index in [2.05, 4.69) is 21.4 Å². The highest BCUT2D eigenvalue weighted by Crippen LogP contribution is 2.22. The third-order valence-electron chi connectivity index (χ3n) is 3.74. The van der Waals surface area contributed by atoms with Gasteiger partial charge in [-0.1, -0.05) is 41.6 Å². The number of aryl methyl sites for hydroxylation is 2. The summed E-state index contributed by atoms with van der Waals surface area (Å²) < 4.78 is 11.3. The molecule has 0 spiro atoms. The molecule has 0 amide bonds. The molecule has 0 bridgehead atoms. The second-order valence-corrected chi connectivity index (χ2v) is 5.58. The Hall–Kier alpha value is -3.15. The van der Waals surface area contributed by atoms with Crippen LogP contribution in [0.3, 0.4) is 0 Å². The Balaban J connectivity index is 1.90. The van der Waals surface area contributed by atoms with Crippen molar-refractivity contribution in [2.45, 2.75) is 20.5 Å². The zero-order valence-electron chi connectivity index (χ0n) is 14.4. The maximum Gasteiger partial charge on any atom is 0.270 e. The zero-order chi connectivity index (χ0) is 17.6. The van der Waals surface area contributed by atoms with E-state index in [1.54, 1.807) is 0 Å². The Morgan fingerprint density at radius 1 is 1.16 bits per heavy atom. The molecular formula is C19H19N3O3. The zero-order valence-corrected chi connectivity index (χ0v) is 14.4. The molecule has 1 heterocycles. The van der Waals surface area contributed by atoms with Crippen LogP contribution in [-0.4, -0.2) is 23.0 Å². The van der Waals surface area contributed by atoms with Crippen molar-refractivity contribution in [1.29, 1.82) is 0 Å². The molecule has 3 aromatic rings. The van der Waals surface area contributed by atoms with Crippen LogP contribution in [0.5, 0.6) is 5.75 Å². The van der Waals surface area contributed by atoms with E-state index >= 15 is 0 Å². The first kappa shape index (κ1) is 16.7. The molecule has 0 aliphatic heterocycles. The number of hydrogen-bond donors (Lipinski definition) is 0. The summed E-state index contributed by atoms with van der Waals surface area (Å²) in [5.74, 6) is 1.15. The molecule has 0 aliphatic rings. The minimum atomic E-state index is 0.293. The lowest BCUT2D eigenvalue weighted by atomic mass is 10.0. The predicted molar refractivity (Wildman–Crippen MR) is 93.6 cm³/mol. The topological polar surface area (TPSA) is 69.7 Å². The Morgan fingerprint density at radius 3 is 2.76 bits per heavy atom. The highest BCUT2D eigenvalue weighted by molar-refractivity contribution is 6.10. The van der Waals surface area contributed by atoms with Crippen LogP contribution in [0.2, 0.25) is 0 Å². The monoisotopic (exact) mass is 337 g/mol. The second-order valence-electron chi connectivity index (χ2n) is 5.58. The molecule has 0 N–H and O–H groups in total. The van der Waals surface area contributed by atoms with Gasteiger partial charge in [0.2, 0.25) is 6.39 Å². The lowest BCUT2D eigenvalue weighted by Gasteiger charge is -2.13. The van der Waals surface area contributed by atoms with Crippen LogP contribution >= 0.6 is 0 Å². The molecule has 1 aromatic heterocycles. The third-order valence-corrected chi connectivity index (χ3v) is 3.74. The Bertz CT molecular complexity index is 873. The minimum absolute atomic E-state index is 0.293. The standard InChI is InChI=1S/C19H19N3O3/c1-13-8-9-14(2)17(10-13)24-11-15-6-4-5-7-16(15)18(22-23-3)19-21-20-12-25-19/h4-10,12H,11H2,1-3H3/b22-18-. The van der Waals surface area contributed by atoms with Gasteiger partial charge in [0.1, 0.15) is 19.5 Å². The lowest BCUT2D eigenvalue weighted by Crippen LogP contribution is -2.10. The largest absolute Gasteiger partial charge is 0.489 e. The summed E-state index contributed by atoms with van der Waals surface area (Å²) in [5, 5.41) is 11.7. The molecule has 0 saturated heterocycles. The van der Waals surface area contributed by atoms with Gasteiger partial charge in [-0.05, 0) is 36.6 Å². The molecule has 6 nitrogen and oxygen atoms in total. The number of hydrogen-bond acceptors (Lipinski definition) is 6. The average molecular weight is 337 g/mol. The molecule has 0 aliphatic carbocycles. The van der Waals surface area contributed by atoms with Crippen LogP contribution in [0.25, 0.3) is 0 Å². The summed E-state index contributed by atoms with van der Waals surface area (Å²) in [7, 11) is 1.48. The number of aromatic nitrogens is 2. The van der Waals surface area contributed by atoms with Gasteiger partial charge >= 0.3 is 0 Å². The molecular weight excluding hydrogens is 318 g/mol. The first-order valence-corrected chi connectivity index (χ1v) is 7.85. The quantitative estimate of drug-likeness (QED) is 0.507. The van der Waals surface area contributed by atoms with Crippen molar-refractivity contribution in [2.75, 3.05) is 7.11 Å². The Labute approximate surface area is 146 Å². The number of benzene rings is 2. The van der Waals surface area contributed by atoms with Crippen LogP contribution in [0, 0.1) is 13.8 Å². The summed E-state index contributed by atoms with van der Waals surface area (Å²) >= 11 is 0. The summed E-state index contributed by atoms with van der Waals surface area (Å²) in [5.41, 5.74) is 4.48. The van der Waals surface area contributed by atoms with Crippen molar-refractivity contribution in [1.82, 2.24) is 10.2 Å². The SMILES string of the molecule is CO/N=C(\c1nnco1)c1ccccc1COc1cc(C)ccc1C. The molecule has 0 unspecified atom stereocenters. The maximum atomic E-state index is 6.03. The fourth-order valence-corrected chi connectivity index (χ4v) is 2.47. The second kappa shape index (κ2) is 7.61. The van der Waals surface area contributed by atoms with E-state index in [9.17, 15) is 0 Å². The Morgan fingerprint density at radius 2 is 2.00 bits per heavy atom. The van der Waals surface area contributed by atoms with E-state index in [0.717, 1.165) is 28.0 Å². The lowest BCUT2D eigenvalue weighted by molar-refractivity contribution is 0.213. The van der Waals surface area contributed by atoms with Crippen LogP contribution in [0.15, 0.2) is 58.4 Å². The molecule has 25 heavy (non-hydrogen) atoms. The fourth-order valence-electron chi connectivity index (χ4n) is 2.47. The van der Waals surface area contributed by atoms with Gasteiger partial charge < -0.3 is 14.0 Å². The number of nitrogens with zero attached hydrogens (tertiary/aromatic N) is 3. The average Bonchev–Trinajstić information content (AvgIpc) is 3.15. The molecule has 3 rings (SSSR count). The molecule has 0 atom stereocenters. The van der Waals surface area contributed by atoms with Gasteiger partial charge in [0.25, 0.3) is 5.89 Å². The minimum Gasteiger partial charge on any atom is -0.489 e. The molecule has 128 valence electrons. The van der Waals surface area contributed by atoms with Gasteiger partial charge in [-0.3, -0.25) is 0 Å². The van der Waals surface area contributed by atoms with Gasteiger partial charge in [-0.25, -0.2) is 0 Å². The smallest absolute Gasteiger partial charge is 0.270 e. The number of oxime groups is 1. The highest BCUT2D eigenvalue weighted by Gasteiger charge is 2.17. The molecule has 6 heteroatoms. The van der Waals surface area contributed by atoms with Gasteiger partial charge in [0, 0.05) is 5.56 Å². The van der Waals surface area contributed by atoms with E-state index in [4.69, 9.17) is 14.0 Å². The van der Waals surface area contributed by atoms with Crippen LogP contribution in [0.1, 0.15) is 28.1 Å². The van der Waals surface area contributed by atoms with E-state index in [-0.39, 0.29) is 0 Å². The summed E-state index contributed by atoms with van der Waals surface area (Å²) in [6.07, 6.45) is 1.26. The summed E-state index contributed by atoms with van der Waals surface area (Å²) in [4.78, 5) is 4.95. The highest BCUT2D eigenvalue weighted by atomic mass is 16.6. The normalized spacial score (nSPS) is 11.4. The van der Waals surface area contributed by atoms with Crippen LogP contribution < -0.4 is 4.74 Å². The number of ether oxygens (including phenoxy) is 1. The maximum absolute atomic E-state index is 6.03. The summed E-state index contributed by atoms with van der Waals surface area (Å²) in [6, 6.07) is 13.9. The first-order chi connectivity index (χ1) is 12.2. The first-order valence-electron chi connectivity index (χ1n) is 7.85. The van der Waals surface area contributed by atoms with E-state index in [1.807, 2.05) is 50.2 Å². The van der Waals surface area contributed by atoms with Crippen LogP contribution in [0.4, 0.5) is 0 Å². The summed E-state index contributed by atoms with van der Waals surface area (Å²) in [6.45, 7) is 4.45. The van der Waals surface area contributed by atoms with Crippen molar-refractivity contribution in [3.63, 3.8) is 0 Å². The van der Waals surface area contributed by atoms with Crippen LogP contribution in [-0.2, 0) is 11.4 Å². The molecule has 0 saturated carbocycles. The molecule has 2 aromatic carbocycles. The van der Waals surface area contributed by atoms with Gasteiger partial charge in [0.05, 0.1) is 0 Å². The van der Waals surface area contributed by atoms with Gasteiger partial charge in [-0.2, -0.15) is 0 Å². The third kappa shape index (κ3) is 3.85. The van der Waals surface area contributed by atoms with Crippen molar-refractivity contribution < 1.29 is 14.0 Å². The van der Waals surface area contributed by atoms with E-state index in [0.29, 0.717) is 18.2 Å². The van der Waals surface area contributed by atoms with E-state index < -0.39 is 0 Å². The van der Waals surface area contributed by atoms with Crippen molar-refractivity contribution in [3.05, 3.63) is 77.0 Å². The fraction of sp³-hybridized carbons (Fsp3) is 0.211. The Kier molecular flexibility index (Phi) is 5.09. The van der Waals surface area contributed by atoms with Gasteiger partial charge in [-0.15, -0.1) is 10.2 Å². The number of rotatable bonds is 6. The predicted octanol–water partition coefficient (Wildman–Crippen LogP) is 3.66. The van der Waals surface area contributed by atoms with E-state index in [1.165, 1.54) is 13.5 Å². The van der Waals surface area contributed by atoms with Gasteiger partial charge in [0.15, 0.2) is 5.71 Å².